The maximum Gasteiger partial charge on any atom is 0.0624 e. The Labute approximate surface area is 115 Å². The van der Waals surface area contributed by atoms with Gasteiger partial charge in [0.05, 0.1) is 11.8 Å². The van der Waals surface area contributed by atoms with E-state index in [1.165, 1.54) is 5.69 Å². The normalized spacial score (nSPS) is 24.8. The number of aryl methyl sites for hydroxylation is 2. The number of hydrogen-bond donors (Lipinski definition) is 2. The van der Waals surface area contributed by atoms with Crippen molar-refractivity contribution in [3.05, 3.63) is 17.5 Å². The zero-order valence-corrected chi connectivity index (χ0v) is 12.2. The molecule has 1 aliphatic heterocycles. The van der Waals surface area contributed by atoms with Crippen molar-refractivity contribution in [2.75, 3.05) is 6.61 Å². The Kier molecular flexibility index (Phi) is 4.96. The van der Waals surface area contributed by atoms with Crippen LogP contribution in [0.5, 0.6) is 0 Å². The van der Waals surface area contributed by atoms with Crippen LogP contribution in [0.1, 0.15) is 38.1 Å². The molecular formula is C14H26N4O. The van der Waals surface area contributed by atoms with Crippen LogP contribution in [0, 0.1) is 5.92 Å². The van der Waals surface area contributed by atoms with E-state index in [4.69, 9.17) is 10.6 Å². The maximum absolute atomic E-state index is 5.77. The van der Waals surface area contributed by atoms with Crippen LogP contribution in [-0.2, 0) is 24.6 Å². The molecule has 2 rings (SSSR count). The number of nitrogens with two attached hydrogens (primary N) is 1. The highest BCUT2D eigenvalue weighted by Gasteiger charge is 2.33. The highest BCUT2D eigenvalue weighted by atomic mass is 16.5. The van der Waals surface area contributed by atoms with Crippen LogP contribution in [0.2, 0.25) is 0 Å². The van der Waals surface area contributed by atoms with E-state index in [0.29, 0.717) is 12.0 Å². The van der Waals surface area contributed by atoms with Gasteiger partial charge in [-0.1, -0.05) is 13.8 Å². The molecule has 0 saturated carbocycles. The van der Waals surface area contributed by atoms with Gasteiger partial charge in [-0.25, -0.2) is 0 Å². The number of nitrogens with one attached hydrogen (secondary N) is 1. The van der Waals surface area contributed by atoms with Crippen molar-refractivity contribution < 1.29 is 4.74 Å². The van der Waals surface area contributed by atoms with E-state index in [-0.39, 0.29) is 6.04 Å². The molecule has 1 aromatic heterocycles. The quantitative estimate of drug-likeness (QED) is 0.599. The minimum atomic E-state index is 0.257. The van der Waals surface area contributed by atoms with Crippen LogP contribution < -0.4 is 11.3 Å². The Balaban J connectivity index is 2.07. The Morgan fingerprint density at radius 3 is 2.95 bits per heavy atom. The molecule has 3 unspecified atom stereocenters. The predicted octanol–water partition coefficient (Wildman–Crippen LogP) is 1.17. The summed E-state index contributed by atoms with van der Waals surface area (Å²) in [5.41, 5.74) is 5.37. The third kappa shape index (κ3) is 3.16. The Morgan fingerprint density at radius 2 is 2.37 bits per heavy atom. The van der Waals surface area contributed by atoms with Crippen molar-refractivity contribution in [1.29, 1.82) is 0 Å². The van der Waals surface area contributed by atoms with E-state index in [0.717, 1.165) is 38.0 Å². The van der Waals surface area contributed by atoms with Crippen LogP contribution in [0.3, 0.4) is 0 Å². The third-order valence-corrected chi connectivity index (χ3v) is 4.21. The fourth-order valence-electron chi connectivity index (χ4n) is 3.04. The molecule has 5 heteroatoms. The molecule has 0 aromatic carbocycles. The van der Waals surface area contributed by atoms with Crippen molar-refractivity contribution in [3.63, 3.8) is 0 Å². The van der Waals surface area contributed by atoms with Gasteiger partial charge in [-0.05, 0) is 25.3 Å². The number of hydrazine groups is 1. The van der Waals surface area contributed by atoms with Crippen molar-refractivity contribution in [2.45, 2.75) is 51.7 Å². The number of ether oxygens (including phenoxy) is 1. The first-order chi connectivity index (χ1) is 9.19. The lowest BCUT2D eigenvalue weighted by molar-refractivity contribution is 0.0772. The van der Waals surface area contributed by atoms with Crippen LogP contribution in [0.15, 0.2) is 6.07 Å². The maximum atomic E-state index is 5.77. The summed E-state index contributed by atoms with van der Waals surface area (Å²) < 4.78 is 7.75. The van der Waals surface area contributed by atoms with Crippen LogP contribution >= 0.6 is 0 Å². The fourth-order valence-corrected chi connectivity index (χ4v) is 3.04. The first kappa shape index (κ1) is 14.5. The van der Waals surface area contributed by atoms with Crippen molar-refractivity contribution in [3.8, 4) is 0 Å². The molecule has 2 heterocycles. The Bertz CT molecular complexity index is 404. The Morgan fingerprint density at radius 1 is 1.58 bits per heavy atom. The lowest BCUT2D eigenvalue weighted by Gasteiger charge is -2.26. The second kappa shape index (κ2) is 6.50. The number of rotatable bonds is 6. The predicted molar refractivity (Wildman–Crippen MR) is 75.5 cm³/mol. The summed E-state index contributed by atoms with van der Waals surface area (Å²) in [5, 5.41) is 4.50. The SMILES string of the molecule is CCc1cc(CC(NN)C2CCOC2CC)n(C)n1. The van der Waals surface area contributed by atoms with Crippen LogP contribution in [-0.4, -0.2) is 28.5 Å². The number of nitrogens with zero attached hydrogens (tertiary/aromatic N) is 2. The summed E-state index contributed by atoms with van der Waals surface area (Å²) in [5.74, 6) is 6.27. The summed E-state index contributed by atoms with van der Waals surface area (Å²) in [4.78, 5) is 0. The Hall–Kier alpha value is -0.910. The molecule has 1 aliphatic rings. The molecule has 3 atom stereocenters. The topological polar surface area (TPSA) is 65.1 Å². The second-order valence-electron chi connectivity index (χ2n) is 5.35. The molecule has 108 valence electrons. The smallest absolute Gasteiger partial charge is 0.0624 e. The van der Waals surface area contributed by atoms with Crippen LogP contribution in [0.4, 0.5) is 0 Å². The lowest BCUT2D eigenvalue weighted by atomic mass is 9.89. The molecule has 19 heavy (non-hydrogen) atoms. The van der Waals surface area contributed by atoms with Gasteiger partial charge in [0.15, 0.2) is 0 Å². The fraction of sp³-hybridized carbons (Fsp3) is 0.786. The highest BCUT2D eigenvalue weighted by molar-refractivity contribution is 5.12. The highest BCUT2D eigenvalue weighted by Crippen LogP contribution is 2.28. The molecule has 0 aliphatic carbocycles. The lowest BCUT2D eigenvalue weighted by Crippen LogP contribution is -2.45. The van der Waals surface area contributed by atoms with E-state index in [1.54, 1.807) is 0 Å². The molecule has 0 bridgehead atoms. The summed E-state index contributed by atoms with van der Waals surface area (Å²) >= 11 is 0. The average Bonchev–Trinajstić information content (AvgIpc) is 3.02. The van der Waals surface area contributed by atoms with E-state index >= 15 is 0 Å². The largest absolute Gasteiger partial charge is 0.378 e. The molecule has 1 aromatic rings. The van der Waals surface area contributed by atoms with E-state index < -0.39 is 0 Å². The van der Waals surface area contributed by atoms with Gasteiger partial charge in [-0.3, -0.25) is 16.0 Å². The van der Waals surface area contributed by atoms with E-state index in [2.05, 4.69) is 30.4 Å². The molecule has 1 saturated heterocycles. The first-order valence-electron chi connectivity index (χ1n) is 7.29. The van der Waals surface area contributed by atoms with Crippen molar-refractivity contribution in [1.82, 2.24) is 15.2 Å². The number of hydrogen-bond acceptors (Lipinski definition) is 4. The summed E-state index contributed by atoms with van der Waals surface area (Å²) in [6.45, 7) is 5.16. The standard InChI is InChI=1S/C14H26N4O/c1-4-10-8-11(18(3)17-10)9-13(16-15)12-6-7-19-14(12)5-2/h8,12-14,16H,4-7,9,15H2,1-3H3. The van der Waals surface area contributed by atoms with Gasteiger partial charge in [0.25, 0.3) is 0 Å². The van der Waals surface area contributed by atoms with Gasteiger partial charge in [0, 0.05) is 37.7 Å². The van der Waals surface area contributed by atoms with Gasteiger partial charge < -0.3 is 4.74 Å². The molecule has 3 N–H and O–H groups in total. The summed E-state index contributed by atoms with van der Waals surface area (Å²) in [6, 6.07) is 2.44. The van der Waals surface area contributed by atoms with E-state index in [1.807, 2.05) is 11.7 Å². The van der Waals surface area contributed by atoms with Gasteiger partial charge in [0.2, 0.25) is 0 Å². The average molecular weight is 266 g/mol. The monoisotopic (exact) mass is 266 g/mol. The molecule has 0 radical (unpaired) electrons. The summed E-state index contributed by atoms with van der Waals surface area (Å²) in [7, 11) is 2.00. The third-order valence-electron chi connectivity index (χ3n) is 4.21. The molecule has 1 fully saturated rings. The van der Waals surface area contributed by atoms with Gasteiger partial charge in [-0.15, -0.1) is 0 Å². The molecule has 0 amide bonds. The second-order valence-corrected chi connectivity index (χ2v) is 5.35. The van der Waals surface area contributed by atoms with Crippen molar-refractivity contribution >= 4 is 0 Å². The molecule has 0 spiro atoms. The van der Waals surface area contributed by atoms with Crippen LogP contribution in [0.25, 0.3) is 0 Å². The van der Waals surface area contributed by atoms with Gasteiger partial charge in [-0.2, -0.15) is 5.10 Å². The zero-order valence-electron chi connectivity index (χ0n) is 12.2. The summed E-state index contributed by atoms with van der Waals surface area (Å²) in [6.07, 6.45) is 4.35. The van der Waals surface area contributed by atoms with Gasteiger partial charge in [0.1, 0.15) is 0 Å². The van der Waals surface area contributed by atoms with Gasteiger partial charge >= 0.3 is 0 Å². The first-order valence-corrected chi connectivity index (χ1v) is 7.29. The minimum absolute atomic E-state index is 0.257. The van der Waals surface area contributed by atoms with Crippen molar-refractivity contribution in [2.24, 2.45) is 18.8 Å². The minimum Gasteiger partial charge on any atom is -0.378 e. The zero-order chi connectivity index (χ0) is 13.8. The van der Waals surface area contributed by atoms with E-state index in [9.17, 15) is 0 Å². The molecular weight excluding hydrogens is 240 g/mol. The molecule has 5 nitrogen and oxygen atoms in total. The number of aromatic nitrogens is 2.